The van der Waals surface area contributed by atoms with Gasteiger partial charge in [0.2, 0.25) is 0 Å². The van der Waals surface area contributed by atoms with Crippen molar-refractivity contribution in [1.29, 1.82) is 0 Å². The number of hydrogen-bond donors (Lipinski definition) is 0. The van der Waals surface area contributed by atoms with E-state index in [-0.39, 0.29) is 12.6 Å². The van der Waals surface area contributed by atoms with E-state index in [4.69, 9.17) is 37.9 Å². The van der Waals surface area contributed by atoms with Crippen LogP contribution >= 0.6 is 15.9 Å². The minimum absolute atomic E-state index is 0.352. The molecule has 0 radical (unpaired) electrons. The Bertz CT molecular complexity index is 2840. The zero-order chi connectivity index (χ0) is 50.6. The average molecular weight is 1040 g/mol. The van der Waals surface area contributed by atoms with Crippen LogP contribution in [-0.2, 0) is 45.0 Å². The van der Waals surface area contributed by atoms with Gasteiger partial charge in [0.15, 0.2) is 12.6 Å². The van der Waals surface area contributed by atoms with E-state index in [1.165, 1.54) is 65.7 Å². The van der Waals surface area contributed by atoms with Gasteiger partial charge in [0.05, 0.1) is 0 Å². The SMILES string of the molecule is CCOC(COc1ccc(C2=C(Br)CCc3cc(OCc4ccccc4)ccc32)cc1)OCC.CCOC(COc1ccc(C2=C(c3ccccc3)CCc3cc(OCc4ccccc4)ccc32)cc1)OCC. The van der Waals surface area contributed by atoms with Crippen molar-refractivity contribution in [3.63, 3.8) is 0 Å². The predicted octanol–water partition coefficient (Wildman–Crippen LogP) is 15.1. The summed E-state index contributed by atoms with van der Waals surface area (Å²) in [6.45, 7) is 12.0. The molecule has 0 heterocycles. The van der Waals surface area contributed by atoms with E-state index in [1.807, 2.05) is 88.4 Å². The van der Waals surface area contributed by atoms with E-state index in [0.717, 1.165) is 54.2 Å². The van der Waals surface area contributed by atoms with Crippen LogP contribution in [0, 0.1) is 0 Å². The second kappa shape index (κ2) is 27.6. The van der Waals surface area contributed by atoms with Crippen LogP contribution in [0.15, 0.2) is 180 Å². The van der Waals surface area contributed by atoms with Crippen molar-refractivity contribution in [1.82, 2.24) is 0 Å². The summed E-state index contributed by atoms with van der Waals surface area (Å²) in [5.41, 5.74) is 14.9. The molecule has 9 heteroatoms. The number of aryl methyl sites for hydroxylation is 2. The molecule has 7 aromatic rings. The molecule has 8 nitrogen and oxygen atoms in total. The van der Waals surface area contributed by atoms with E-state index >= 15 is 0 Å². The lowest BCUT2D eigenvalue weighted by atomic mass is 9.79. The smallest absolute Gasteiger partial charge is 0.191 e. The van der Waals surface area contributed by atoms with Crippen LogP contribution in [0.3, 0.4) is 0 Å². The summed E-state index contributed by atoms with van der Waals surface area (Å²) >= 11 is 3.83. The summed E-state index contributed by atoms with van der Waals surface area (Å²) in [6, 6.07) is 60.8. The van der Waals surface area contributed by atoms with Crippen molar-refractivity contribution in [2.45, 2.75) is 79.2 Å². The van der Waals surface area contributed by atoms with Gasteiger partial charge in [-0.1, -0.05) is 143 Å². The largest absolute Gasteiger partial charge is 0.489 e. The van der Waals surface area contributed by atoms with Crippen molar-refractivity contribution in [2.24, 2.45) is 0 Å². The molecule has 0 spiro atoms. The number of fused-ring (bicyclic) bond motifs is 2. The van der Waals surface area contributed by atoms with Crippen molar-refractivity contribution < 1.29 is 37.9 Å². The van der Waals surface area contributed by atoms with E-state index < -0.39 is 0 Å². The molecule has 9 rings (SSSR count). The molecule has 0 amide bonds. The molecule has 73 heavy (non-hydrogen) atoms. The van der Waals surface area contributed by atoms with Crippen LogP contribution in [0.1, 0.15) is 90.6 Å². The second-order valence-electron chi connectivity index (χ2n) is 17.5. The Labute approximate surface area is 440 Å². The Kier molecular flexibility index (Phi) is 19.9. The molecule has 0 saturated heterocycles. The fourth-order valence-corrected chi connectivity index (χ4v) is 9.77. The summed E-state index contributed by atoms with van der Waals surface area (Å²) in [5, 5.41) is 0. The summed E-state index contributed by atoms with van der Waals surface area (Å²) in [5.74, 6) is 3.40. The van der Waals surface area contributed by atoms with Gasteiger partial charge in [-0.15, -0.1) is 0 Å². The molecular formula is C64H67BrO8. The molecule has 2 aliphatic carbocycles. The van der Waals surface area contributed by atoms with Crippen LogP contribution in [0.2, 0.25) is 0 Å². The zero-order valence-corrected chi connectivity index (χ0v) is 44.1. The molecule has 0 saturated carbocycles. The van der Waals surface area contributed by atoms with Crippen LogP contribution in [-0.4, -0.2) is 52.2 Å². The molecular weight excluding hydrogens is 977 g/mol. The number of allylic oxidation sites excluding steroid dienone is 2. The molecule has 0 atom stereocenters. The summed E-state index contributed by atoms with van der Waals surface area (Å²) < 4.78 is 47.7. The van der Waals surface area contributed by atoms with Crippen molar-refractivity contribution in [2.75, 3.05) is 39.6 Å². The van der Waals surface area contributed by atoms with E-state index in [0.29, 0.717) is 52.9 Å². The first-order chi connectivity index (χ1) is 35.9. The van der Waals surface area contributed by atoms with E-state index in [9.17, 15) is 0 Å². The fourth-order valence-electron chi connectivity index (χ4n) is 9.13. The predicted molar refractivity (Wildman–Crippen MR) is 296 cm³/mol. The van der Waals surface area contributed by atoms with Crippen LogP contribution in [0.4, 0.5) is 0 Å². The first-order valence-electron chi connectivity index (χ1n) is 25.6. The first kappa shape index (κ1) is 52.9. The third kappa shape index (κ3) is 14.8. The van der Waals surface area contributed by atoms with Crippen molar-refractivity contribution in [3.05, 3.63) is 230 Å². The summed E-state index contributed by atoms with van der Waals surface area (Å²) in [4.78, 5) is 0. The van der Waals surface area contributed by atoms with Crippen LogP contribution in [0.25, 0.3) is 16.7 Å². The molecule has 2 aliphatic rings. The van der Waals surface area contributed by atoms with E-state index in [2.05, 4.69) is 131 Å². The summed E-state index contributed by atoms with van der Waals surface area (Å²) in [6.07, 6.45) is 3.18. The lowest BCUT2D eigenvalue weighted by Crippen LogP contribution is -2.25. The highest BCUT2D eigenvalue weighted by atomic mass is 79.9. The molecule has 7 aromatic carbocycles. The van der Waals surface area contributed by atoms with Gasteiger partial charge in [-0.25, -0.2) is 0 Å². The monoisotopic (exact) mass is 1040 g/mol. The Balaban J connectivity index is 0.000000197. The lowest BCUT2D eigenvalue weighted by Gasteiger charge is -2.25. The third-order valence-corrected chi connectivity index (χ3v) is 13.4. The van der Waals surface area contributed by atoms with Gasteiger partial charge in [-0.05, 0) is 169 Å². The first-order valence-corrected chi connectivity index (χ1v) is 26.4. The van der Waals surface area contributed by atoms with Gasteiger partial charge in [0, 0.05) is 30.9 Å². The Morgan fingerprint density at radius 1 is 0.384 bits per heavy atom. The molecule has 378 valence electrons. The highest BCUT2D eigenvalue weighted by Gasteiger charge is 2.23. The summed E-state index contributed by atoms with van der Waals surface area (Å²) in [7, 11) is 0. The standard InChI is InChI=1S/C35H36O4.C29H31BrO4/c1-3-36-34(37-4-2)25-39-30-18-15-28(16-19-30)35-32(27-13-9-6-10-14-27)21-17-29-23-31(20-22-33(29)35)38-24-26-11-7-5-8-12-26;1-3-31-28(32-4-2)20-34-24-13-10-22(11-14-24)29-26-16-15-25(18-23(26)12-17-27(29)30)33-19-21-8-6-5-7-9-21/h5-16,18-20,22-23,34H,3-4,17,21,24-25H2,1-2H3;5-11,13-16,18,28H,3-4,12,17,19-20H2,1-2H3. The highest BCUT2D eigenvalue weighted by molar-refractivity contribution is 9.11. The fraction of sp³-hybridized carbons (Fsp3) is 0.281. The Morgan fingerprint density at radius 3 is 1.23 bits per heavy atom. The maximum Gasteiger partial charge on any atom is 0.191 e. The van der Waals surface area contributed by atoms with Gasteiger partial charge in [-0.3, -0.25) is 0 Å². The number of rotatable bonds is 23. The van der Waals surface area contributed by atoms with Gasteiger partial charge >= 0.3 is 0 Å². The topological polar surface area (TPSA) is 73.8 Å². The van der Waals surface area contributed by atoms with Gasteiger partial charge in [0.1, 0.15) is 49.4 Å². The van der Waals surface area contributed by atoms with Gasteiger partial charge < -0.3 is 37.9 Å². The molecule has 0 unspecified atom stereocenters. The molecule has 0 aromatic heterocycles. The molecule has 0 fully saturated rings. The Hall–Kier alpha value is -6.46. The van der Waals surface area contributed by atoms with Gasteiger partial charge in [-0.2, -0.15) is 0 Å². The molecule has 0 N–H and O–H groups in total. The number of ether oxygens (including phenoxy) is 8. The normalized spacial score (nSPS) is 13.0. The number of benzene rings is 7. The minimum Gasteiger partial charge on any atom is -0.489 e. The molecule has 0 bridgehead atoms. The van der Waals surface area contributed by atoms with Gasteiger partial charge in [0.25, 0.3) is 0 Å². The third-order valence-electron chi connectivity index (χ3n) is 12.6. The maximum absolute atomic E-state index is 6.15. The molecule has 0 aliphatic heterocycles. The zero-order valence-electron chi connectivity index (χ0n) is 42.5. The maximum atomic E-state index is 6.15. The Morgan fingerprint density at radius 2 is 0.781 bits per heavy atom. The lowest BCUT2D eigenvalue weighted by molar-refractivity contribution is -0.152. The average Bonchev–Trinajstić information content (AvgIpc) is 3.44. The van der Waals surface area contributed by atoms with Crippen LogP contribution < -0.4 is 18.9 Å². The van der Waals surface area contributed by atoms with Crippen molar-refractivity contribution >= 4 is 32.6 Å². The van der Waals surface area contributed by atoms with Crippen LogP contribution in [0.5, 0.6) is 23.0 Å². The highest BCUT2D eigenvalue weighted by Crippen LogP contribution is 2.43. The van der Waals surface area contributed by atoms with Crippen molar-refractivity contribution in [3.8, 4) is 23.0 Å². The quantitative estimate of drug-likeness (QED) is 0.0587. The number of hydrogen-bond acceptors (Lipinski definition) is 8. The second-order valence-corrected chi connectivity index (χ2v) is 18.5. The minimum atomic E-state index is -0.365. The van der Waals surface area contributed by atoms with E-state index in [1.54, 1.807) is 0 Å². The number of halogens is 1.